The van der Waals surface area contributed by atoms with Crippen LogP contribution in [-0.4, -0.2) is 23.4 Å². The fourth-order valence-electron chi connectivity index (χ4n) is 1.31. The van der Waals surface area contributed by atoms with Crippen molar-refractivity contribution in [3.63, 3.8) is 0 Å². The predicted octanol–water partition coefficient (Wildman–Crippen LogP) is 1.97. The van der Waals surface area contributed by atoms with E-state index in [4.69, 9.17) is 0 Å². The number of amidine groups is 1. The summed E-state index contributed by atoms with van der Waals surface area (Å²) in [4.78, 5) is 15.8. The van der Waals surface area contributed by atoms with E-state index in [0.717, 1.165) is 12.3 Å². The molecule has 1 aromatic rings. The molecule has 3 nitrogen and oxygen atoms in total. The lowest BCUT2D eigenvalue weighted by molar-refractivity contribution is 0.0977. The van der Waals surface area contributed by atoms with Gasteiger partial charge in [0.15, 0.2) is 5.17 Å². The summed E-state index contributed by atoms with van der Waals surface area (Å²) in [6, 6.07) is 4.44. The van der Waals surface area contributed by atoms with E-state index in [1.807, 2.05) is 0 Å². The van der Waals surface area contributed by atoms with E-state index in [0.29, 0.717) is 16.3 Å². The molecule has 5 heteroatoms. The van der Waals surface area contributed by atoms with E-state index in [1.165, 1.54) is 17.8 Å². The monoisotopic (exact) mass is 238 g/mol. The second-order valence-corrected chi connectivity index (χ2v) is 4.54. The third-order valence-corrected chi connectivity index (χ3v) is 3.13. The van der Waals surface area contributed by atoms with Gasteiger partial charge in [0.2, 0.25) is 0 Å². The molecule has 1 amide bonds. The van der Waals surface area contributed by atoms with E-state index >= 15 is 0 Å². The lowest BCUT2D eigenvalue weighted by Crippen LogP contribution is -2.27. The Kier molecular flexibility index (Phi) is 3.24. The zero-order valence-electron chi connectivity index (χ0n) is 8.79. The summed E-state index contributed by atoms with van der Waals surface area (Å²) < 4.78 is 13.2. The molecule has 0 bridgehead atoms. The number of amides is 1. The zero-order chi connectivity index (χ0) is 11.5. The summed E-state index contributed by atoms with van der Waals surface area (Å²) in [5.41, 5.74) is 0.849. The minimum Gasteiger partial charge on any atom is -0.301 e. The van der Waals surface area contributed by atoms with Gasteiger partial charge in [0.05, 0.1) is 6.54 Å². The first kappa shape index (κ1) is 11.1. The second kappa shape index (κ2) is 4.65. The van der Waals surface area contributed by atoms with Crippen LogP contribution < -0.4 is 5.32 Å². The molecule has 2 rings (SSSR count). The normalized spacial score (nSPS) is 14.8. The topological polar surface area (TPSA) is 41.5 Å². The highest BCUT2D eigenvalue weighted by Crippen LogP contribution is 2.12. The van der Waals surface area contributed by atoms with Gasteiger partial charge >= 0.3 is 0 Å². The molecule has 1 aromatic carbocycles. The summed E-state index contributed by atoms with van der Waals surface area (Å²) in [7, 11) is 0. The molecule has 1 aliphatic heterocycles. The fourth-order valence-corrected chi connectivity index (χ4v) is 2.04. The van der Waals surface area contributed by atoms with Crippen molar-refractivity contribution < 1.29 is 9.18 Å². The van der Waals surface area contributed by atoms with Gasteiger partial charge in [-0.1, -0.05) is 17.8 Å². The molecule has 0 spiro atoms. The number of hydrogen-bond donors (Lipinski definition) is 1. The molecule has 0 aromatic heterocycles. The predicted molar refractivity (Wildman–Crippen MR) is 63.4 cm³/mol. The number of benzene rings is 1. The van der Waals surface area contributed by atoms with Crippen molar-refractivity contribution >= 4 is 22.8 Å². The van der Waals surface area contributed by atoms with E-state index in [1.54, 1.807) is 19.1 Å². The number of halogens is 1. The molecule has 0 unspecified atom stereocenters. The number of carbonyl (C=O) groups excluding carboxylic acids is 1. The largest absolute Gasteiger partial charge is 0.301 e. The Morgan fingerprint density at radius 2 is 2.38 bits per heavy atom. The third kappa shape index (κ3) is 2.41. The van der Waals surface area contributed by atoms with Crippen LogP contribution >= 0.6 is 11.8 Å². The standard InChI is InChI=1S/C11H11FN2OS/c1-7-2-3-8(6-9(7)12)10(15)14-11-13-4-5-16-11/h2-3,6H,4-5H2,1H3,(H,13,14,15). The Bertz CT molecular complexity index is 459. The molecule has 0 atom stereocenters. The van der Waals surface area contributed by atoms with Crippen molar-refractivity contribution in [3.05, 3.63) is 35.1 Å². The SMILES string of the molecule is Cc1ccc(C(=O)NC2=NCCS2)cc1F. The molecule has 0 fully saturated rings. The Balaban J connectivity index is 2.11. The molecule has 0 aliphatic carbocycles. The maximum absolute atomic E-state index is 13.2. The first-order chi connectivity index (χ1) is 7.66. The highest BCUT2D eigenvalue weighted by atomic mass is 32.2. The molecular formula is C11H11FN2OS. The minimum absolute atomic E-state index is 0.313. The smallest absolute Gasteiger partial charge is 0.257 e. The van der Waals surface area contributed by atoms with Crippen LogP contribution in [0.15, 0.2) is 23.2 Å². The number of aliphatic imine (C=N–C) groups is 1. The molecule has 0 saturated heterocycles. The summed E-state index contributed by atoms with van der Waals surface area (Å²) >= 11 is 1.50. The van der Waals surface area contributed by atoms with Crippen molar-refractivity contribution in [1.82, 2.24) is 5.32 Å². The maximum atomic E-state index is 13.2. The van der Waals surface area contributed by atoms with Crippen LogP contribution in [-0.2, 0) is 0 Å². The van der Waals surface area contributed by atoms with Gasteiger partial charge in [0.25, 0.3) is 5.91 Å². The molecule has 0 radical (unpaired) electrons. The first-order valence-corrected chi connectivity index (χ1v) is 5.90. The number of thioether (sulfide) groups is 1. The van der Waals surface area contributed by atoms with Gasteiger partial charge < -0.3 is 5.32 Å². The van der Waals surface area contributed by atoms with Crippen LogP contribution in [0.1, 0.15) is 15.9 Å². The van der Waals surface area contributed by atoms with Gasteiger partial charge in [-0.3, -0.25) is 9.79 Å². The Morgan fingerprint density at radius 1 is 1.56 bits per heavy atom. The molecule has 84 valence electrons. The van der Waals surface area contributed by atoms with Crippen LogP contribution in [0, 0.1) is 12.7 Å². The van der Waals surface area contributed by atoms with E-state index < -0.39 is 0 Å². The average molecular weight is 238 g/mol. The summed E-state index contributed by atoms with van der Waals surface area (Å²) in [5, 5.41) is 3.27. The van der Waals surface area contributed by atoms with Gasteiger partial charge in [-0.05, 0) is 24.6 Å². The van der Waals surface area contributed by atoms with Crippen molar-refractivity contribution in [2.75, 3.05) is 12.3 Å². The van der Waals surface area contributed by atoms with Crippen molar-refractivity contribution in [1.29, 1.82) is 0 Å². The minimum atomic E-state index is -0.367. The van der Waals surface area contributed by atoms with Crippen LogP contribution in [0.2, 0.25) is 0 Å². The molecule has 1 aliphatic rings. The van der Waals surface area contributed by atoms with Crippen molar-refractivity contribution in [2.45, 2.75) is 6.92 Å². The van der Waals surface area contributed by atoms with Crippen LogP contribution in [0.4, 0.5) is 4.39 Å². The van der Waals surface area contributed by atoms with Crippen molar-refractivity contribution in [3.8, 4) is 0 Å². The number of aryl methyl sites for hydroxylation is 1. The molecular weight excluding hydrogens is 227 g/mol. The summed E-state index contributed by atoms with van der Waals surface area (Å²) in [6.45, 7) is 2.39. The highest BCUT2D eigenvalue weighted by Gasteiger charge is 2.13. The third-order valence-electron chi connectivity index (χ3n) is 2.24. The maximum Gasteiger partial charge on any atom is 0.257 e. The molecule has 16 heavy (non-hydrogen) atoms. The van der Waals surface area contributed by atoms with Crippen LogP contribution in [0.25, 0.3) is 0 Å². The quantitative estimate of drug-likeness (QED) is 0.812. The molecule has 1 N–H and O–H groups in total. The van der Waals surface area contributed by atoms with Gasteiger partial charge in [-0.2, -0.15) is 0 Å². The zero-order valence-corrected chi connectivity index (χ0v) is 9.60. The Labute approximate surface area is 97.1 Å². The number of nitrogens with zero attached hydrogens (tertiary/aromatic N) is 1. The first-order valence-electron chi connectivity index (χ1n) is 4.91. The summed E-state index contributed by atoms with van der Waals surface area (Å²) in [5.74, 6) is 0.207. The van der Waals surface area contributed by atoms with Crippen molar-refractivity contribution in [2.24, 2.45) is 4.99 Å². The van der Waals surface area contributed by atoms with E-state index in [2.05, 4.69) is 10.3 Å². The highest BCUT2D eigenvalue weighted by molar-refractivity contribution is 8.14. The van der Waals surface area contributed by atoms with Crippen LogP contribution in [0.5, 0.6) is 0 Å². The van der Waals surface area contributed by atoms with E-state index in [9.17, 15) is 9.18 Å². The molecule has 0 saturated carbocycles. The van der Waals surface area contributed by atoms with Gasteiger partial charge in [-0.25, -0.2) is 4.39 Å². The number of rotatable bonds is 1. The number of carbonyl (C=O) groups is 1. The lowest BCUT2D eigenvalue weighted by atomic mass is 10.1. The Hall–Kier alpha value is -1.36. The average Bonchev–Trinajstić information content (AvgIpc) is 2.74. The summed E-state index contributed by atoms with van der Waals surface area (Å²) in [6.07, 6.45) is 0. The van der Waals surface area contributed by atoms with E-state index in [-0.39, 0.29) is 11.7 Å². The number of hydrogen-bond acceptors (Lipinski definition) is 3. The van der Waals surface area contributed by atoms with Crippen LogP contribution in [0.3, 0.4) is 0 Å². The van der Waals surface area contributed by atoms with Gasteiger partial charge in [-0.15, -0.1) is 0 Å². The lowest BCUT2D eigenvalue weighted by Gasteiger charge is -2.04. The molecule has 1 heterocycles. The van der Waals surface area contributed by atoms with Gasteiger partial charge in [0.1, 0.15) is 5.82 Å². The second-order valence-electron chi connectivity index (χ2n) is 3.45. The fraction of sp³-hybridized carbons (Fsp3) is 0.273. The van der Waals surface area contributed by atoms with Gasteiger partial charge in [0, 0.05) is 11.3 Å². The number of nitrogens with one attached hydrogen (secondary N) is 1. The Morgan fingerprint density at radius 3 is 3.00 bits per heavy atom.